The van der Waals surface area contributed by atoms with Crippen LogP contribution in [0.25, 0.3) is 0 Å². The van der Waals surface area contributed by atoms with Crippen molar-refractivity contribution >= 4 is 5.91 Å². The highest BCUT2D eigenvalue weighted by atomic mass is 16.3. The molecule has 0 rings (SSSR count). The molecule has 0 aromatic heterocycles. The van der Waals surface area contributed by atoms with Gasteiger partial charge in [0.05, 0.1) is 5.60 Å². The van der Waals surface area contributed by atoms with Crippen molar-refractivity contribution in [1.29, 1.82) is 0 Å². The van der Waals surface area contributed by atoms with Gasteiger partial charge in [-0.1, -0.05) is 0 Å². The first-order valence-corrected chi connectivity index (χ1v) is 3.51. The van der Waals surface area contributed by atoms with Crippen LogP contribution in [0.5, 0.6) is 0 Å². The van der Waals surface area contributed by atoms with E-state index in [1.54, 1.807) is 13.8 Å². The normalized spacial score (nSPS) is 14.3. The van der Waals surface area contributed by atoms with Crippen LogP contribution >= 0.6 is 0 Å². The number of hydrogen-bond donors (Lipinski definition) is 3. The van der Waals surface area contributed by atoms with E-state index in [-0.39, 0.29) is 6.54 Å². The van der Waals surface area contributed by atoms with Crippen LogP contribution in [0.15, 0.2) is 0 Å². The van der Waals surface area contributed by atoms with Crippen LogP contribution in [0, 0.1) is 0 Å². The van der Waals surface area contributed by atoms with Crippen molar-refractivity contribution in [3.8, 4) is 0 Å². The Labute approximate surface area is 66.2 Å². The van der Waals surface area contributed by atoms with Gasteiger partial charge in [-0.3, -0.25) is 4.79 Å². The van der Waals surface area contributed by atoms with Gasteiger partial charge in [-0.25, -0.2) is 0 Å². The van der Waals surface area contributed by atoms with E-state index >= 15 is 0 Å². The quantitative estimate of drug-likeness (QED) is 0.510. The van der Waals surface area contributed by atoms with E-state index in [9.17, 15) is 4.79 Å². The maximum Gasteiger partial charge on any atom is 0.248 e. The molecule has 0 saturated carbocycles. The zero-order chi connectivity index (χ0) is 9.07. The van der Waals surface area contributed by atoms with E-state index in [2.05, 4.69) is 5.32 Å². The second-order valence-corrected chi connectivity index (χ2v) is 3.21. The molecular formula is C7H15NO3. The summed E-state index contributed by atoms with van der Waals surface area (Å²) in [7, 11) is 0. The second kappa shape index (κ2) is 3.69. The molecule has 0 aliphatic rings. The maximum atomic E-state index is 10.7. The molecule has 0 fully saturated rings. The van der Waals surface area contributed by atoms with Crippen molar-refractivity contribution in [3.05, 3.63) is 0 Å². The van der Waals surface area contributed by atoms with Crippen LogP contribution in [0.1, 0.15) is 20.8 Å². The first-order valence-electron chi connectivity index (χ1n) is 3.51. The molecule has 1 amide bonds. The van der Waals surface area contributed by atoms with Crippen molar-refractivity contribution in [2.45, 2.75) is 32.5 Å². The summed E-state index contributed by atoms with van der Waals surface area (Å²) in [6.45, 7) is 4.68. The molecule has 1 atom stereocenters. The minimum atomic E-state index is -1.02. The Morgan fingerprint density at radius 3 is 2.36 bits per heavy atom. The number of amides is 1. The highest BCUT2D eigenvalue weighted by Crippen LogP contribution is 1.97. The molecule has 0 radical (unpaired) electrons. The van der Waals surface area contributed by atoms with Crippen molar-refractivity contribution in [2.24, 2.45) is 0 Å². The zero-order valence-corrected chi connectivity index (χ0v) is 7.09. The monoisotopic (exact) mass is 161 g/mol. The first kappa shape index (κ1) is 10.4. The van der Waals surface area contributed by atoms with Crippen molar-refractivity contribution < 1.29 is 15.0 Å². The smallest absolute Gasteiger partial charge is 0.248 e. The summed E-state index contributed by atoms with van der Waals surface area (Å²) in [4.78, 5) is 10.7. The average Bonchev–Trinajstić information content (AvgIpc) is 1.80. The molecule has 0 spiro atoms. The molecule has 3 N–H and O–H groups in total. The minimum Gasteiger partial charge on any atom is -0.389 e. The van der Waals surface area contributed by atoms with E-state index in [0.717, 1.165) is 0 Å². The van der Waals surface area contributed by atoms with E-state index in [1.165, 1.54) is 6.92 Å². The lowest BCUT2D eigenvalue weighted by Crippen LogP contribution is -2.41. The number of hydrogen-bond acceptors (Lipinski definition) is 3. The van der Waals surface area contributed by atoms with Gasteiger partial charge in [0.2, 0.25) is 5.91 Å². The van der Waals surface area contributed by atoms with Gasteiger partial charge in [0.15, 0.2) is 0 Å². The van der Waals surface area contributed by atoms with Crippen molar-refractivity contribution in [3.63, 3.8) is 0 Å². The Balaban J connectivity index is 3.64. The van der Waals surface area contributed by atoms with Crippen molar-refractivity contribution in [1.82, 2.24) is 5.32 Å². The summed E-state index contributed by atoms with van der Waals surface area (Å²) < 4.78 is 0. The predicted octanol–water partition coefficient (Wildman–Crippen LogP) is -0.746. The van der Waals surface area contributed by atoms with Crippen LogP contribution in [-0.4, -0.2) is 34.4 Å². The summed E-state index contributed by atoms with van der Waals surface area (Å²) in [5, 5.41) is 20.3. The summed E-state index contributed by atoms with van der Waals surface area (Å²) in [6, 6.07) is 0. The third kappa shape index (κ3) is 5.82. The van der Waals surface area contributed by atoms with Gasteiger partial charge in [0, 0.05) is 6.54 Å². The van der Waals surface area contributed by atoms with E-state index in [1.807, 2.05) is 0 Å². The Morgan fingerprint density at radius 2 is 2.09 bits per heavy atom. The lowest BCUT2D eigenvalue weighted by atomic mass is 10.1. The van der Waals surface area contributed by atoms with Gasteiger partial charge < -0.3 is 15.5 Å². The lowest BCUT2D eigenvalue weighted by molar-refractivity contribution is -0.129. The fourth-order valence-corrected chi connectivity index (χ4v) is 0.451. The zero-order valence-electron chi connectivity index (χ0n) is 7.09. The van der Waals surface area contributed by atoms with Gasteiger partial charge >= 0.3 is 0 Å². The second-order valence-electron chi connectivity index (χ2n) is 3.21. The molecule has 0 unspecified atom stereocenters. The molecule has 0 aliphatic carbocycles. The molecule has 66 valence electrons. The molecule has 4 heteroatoms. The topological polar surface area (TPSA) is 69.6 Å². The number of aliphatic hydroxyl groups is 2. The molecule has 0 aromatic carbocycles. The molecule has 0 heterocycles. The predicted molar refractivity (Wildman–Crippen MR) is 41.0 cm³/mol. The fraction of sp³-hybridized carbons (Fsp3) is 0.857. The van der Waals surface area contributed by atoms with Crippen LogP contribution < -0.4 is 5.32 Å². The van der Waals surface area contributed by atoms with Crippen molar-refractivity contribution in [2.75, 3.05) is 6.54 Å². The van der Waals surface area contributed by atoms with Gasteiger partial charge in [-0.2, -0.15) is 0 Å². The molecule has 0 aliphatic heterocycles. The van der Waals surface area contributed by atoms with Gasteiger partial charge in [-0.15, -0.1) is 0 Å². The molecule has 11 heavy (non-hydrogen) atoms. The van der Waals surface area contributed by atoms with Crippen LogP contribution in [0.4, 0.5) is 0 Å². The highest BCUT2D eigenvalue weighted by Gasteiger charge is 2.15. The van der Waals surface area contributed by atoms with Crippen LogP contribution in [0.2, 0.25) is 0 Å². The number of rotatable bonds is 3. The SMILES string of the molecule is C[C@@H](O)C(=O)NCC(C)(C)O. The molecule has 0 aromatic rings. The Bertz CT molecular complexity index is 137. The minimum absolute atomic E-state index is 0.150. The molecule has 4 nitrogen and oxygen atoms in total. The summed E-state index contributed by atoms with van der Waals surface area (Å²) in [5.74, 6) is -0.466. The van der Waals surface area contributed by atoms with Gasteiger partial charge in [-0.05, 0) is 20.8 Å². The number of carbonyl (C=O) groups is 1. The number of carbonyl (C=O) groups excluding carboxylic acids is 1. The third-order valence-corrected chi connectivity index (χ3v) is 1.07. The molecular weight excluding hydrogens is 146 g/mol. The Kier molecular flexibility index (Phi) is 3.48. The van der Waals surface area contributed by atoms with E-state index < -0.39 is 17.6 Å². The first-order chi connectivity index (χ1) is 4.83. The summed E-state index contributed by atoms with van der Waals surface area (Å²) >= 11 is 0. The van der Waals surface area contributed by atoms with Crippen LogP contribution in [-0.2, 0) is 4.79 Å². The average molecular weight is 161 g/mol. The van der Waals surface area contributed by atoms with E-state index in [4.69, 9.17) is 10.2 Å². The summed E-state index contributed by atoms with van der Waals surface area (Å²) in [5.41, 5.74) is -0.926. The standard InChI is InChI=1S/C7H15NO3/c1-5(9)6(10)8-4-7(2,3)11/h5,9,11H,4H2,1-3H3,(H,8,10)/t5-/m1/s1. The third-order valence-electron chi connectivity index (χ3n) is 1.07. The van der Waals surface area contributed by atoms with E-state index in [0.29, 0.717) is 0 Å². The molecule has 0 bridgehead atoms. The number of nitrogens with one attached hydrogen (secondary N) is 1. The van der Waals surface area contributed by atoms with Gasteiger partial charge in [0.1, 0.15) is 6.10 Å². The lowest BCUT2D eigenvalue weighted by Gasteiger charge is -2.18. The summed E-state index contributed by atoms with van der Waals surface area (Å²) in [6.07, 6.45) is -1.02. The number of aliphatic hydroxyl groups excluding tert-OH is 1. The van der Waals surface area contributed by atoms with Crippen LogP contribution in [0.3, 0.4) is 0 Å². The molecule has 0 saturated heterocycles. The highest BCUT2D eigenvalue weighted by molar-refractivity contribution is 5.79. The Hall–Kier alpha value is -0.610. The largest absolute Gasteiger partial charge is 0.389 e. The fourth-order valence-electron chi connectivity index (χ4n) is 0.451. The Morgan fingerprint density at radius 1 is 1.64 bits per heavy atom. The van der Waals surface area contributed by atoms with Gasteiger partial charge in [0.25, 0.3) is 0 Å². The maximum absolute atomic E-state index is 10.7.